The molecule has 2 rings (SSSR count). The second kappa shape index (κ2) is 6.33. The third-order valence-electron chi connectivity index (χ3n) is 2.66. The summed E-state index contributed by atoms with van der Waals surface area (Å²) in [6, 6.07) is 9.67. The number of nitrogens with zero attached hydrogens (tertiary/aromatic N) is 2. The van der Waals surface area contributed by atoms with Crippen molar-refractivity contribution < 1.29 is 14.1 Å². The maximum atomic E-state index is 13.2. The molecule has 2 aromatic carbocycles. The van der Waals surface area contributed by atoms with Gasteiger partial charge in [0.05, 0.1) is 10.5 Å². The lowest BCUT2D eigenvalue weighted by Gasteiger charge is -2.09. The van der Waals surface area contributed by atoms with E-state index in [0.717, 1.165) is 23.8 Å². The fourth-order valence-corrected chi connectivity index (χ4v) is 2.02. The quantitative estimate of drug-likeness (QED) is 0.468. The highest BCUT2D eigenvalue weighted by Crippen LogP contribution is 2.33. The standard InChI is InChI=1S/C14H8BrFN2O3/c15-7-9-1-4-13(10(5-9)8-17)21-14-6-11(16)2-3-12(14)18(19)20/h1-6H,7H2. The Labute approximate surface area is 127 Å². The molecule has 0 aliphatic heterocycles. The zero-order valence-corrected chi connectivity index (χ0v) is 12.1. The number of nitro benzene ring substituents is 1. The molecule has 0 atom stereocenters. The molecule has 0 N–H and O–H groups in total. The van der Waals surface area contributed by atoms with Crippen LogP contribution in [0.5, 0.6) is 11.5 Å². The average Bonchev–Trinajstić information content (AvgIpc) is 2.47. The van der Waals surface area contributed by atoms with Crippen molar-refractivity contribution in [2.45, 2.75) is 5.33 Å². The van der Waals surface area contributed by atoms with Crippen LogP contribution < -0.4 is 4.74 Å². The molecule has 0 amide bonds. The van der Waals surface area contributed by atoms with E-state index in [4.69, 9.17) is 10.00 Å². The molecule has 0 bridgehead atoms. The predicted octanol–water partition coefficient (Wildman–Crippen LogP) is 4.29. The van der Waals surface area contributed by atoms with Gasteiger partial charge in [-0.2, -0.15) is 5.26 Å². The summed E-state index contributed by atoms with van der Waals surface area (Å²) in [6.45, 7) is 0. The van der Waals surface area contributed by atoms with Gasteiger partial charge in [-0.1, -0.05) is 22.0 Å². The van der Waals surface area contributed by atoms with E-state index >= 15 is 0 Å². The largest absolute Gasteiger partial charge is 0.449 e. The van der Waals surface area contributed by atoms with Gasteiger partial charge in [-0.15, -0.1) is 0 Å². The van der Waals surface area contributed by atoms with E-state index in [-0.39, 0.29) is 22.7 Å². The third-order valence-corrected chi connectivity index (χ3v) is 3.30. The highest BCUT2D eigenvalue weighted by molar-refractivity contribution is 9.08. The SMILES string of the molecule is N#Cc1cc(CBr)ccc1Oc1cc(F)ccc1[N+](=O)[O-]. The maximum absolute atomic E-state index is 13.2. The number of nitriles is 1. The predicted molar refractivity (Wildman–Crippen MR) is 76.9 cm³/mol. The first-order valence-electron chi connectivity index (χ1n) is 5.76. The molecule has 5 nitrogen and oxygen atoms in total. The van der Waals surface area contributed by atoms with Gasteiger partial charge in [-0.3, -0.25) is 10.1 Å². The molecule has 0 unspecified atom stereocenters. The van der Waals surface area contributed by atoms with Gasteiger partial charge in [-0.05, 0) is 23.8 Å². The number of hydrogen-bond acceptors (Lipinski definition) is 4. The summed E-state index contributed by atoms with van der Waals surface area (Å²) in [5.74, 6) is -0.773. The lowest BCUT2D eigenvalue weighted by molar-refractivity contribution is -0.385. The minimum atomic E-state index is -0.673. The van der Waals surface area contributed by atoms with Gasteiger partial charge < -0.3 is 4.74 Å². The van der Waals surface area contributed by atoms with Crippen molar-refractivity contribution in [2.75, 3.05) is 0 Å². The Morgan fingerprint density at radius 2 is 2.05 bits per heavy atom. The van der Waals surface area contributed by atoms with Crippen molar-refractivity contribution >= 4 is 21.6 Å². The number of ether oxygens (including phenoxy) is 1. The van der Waals surface area contributed by atoms with Gasteiger partial charge in [0.2, 0.25) is 5.75 Å². The van der Waals surface area contributed by atoms with E-state index < -0.39 is 10.7 Å². The van der Waals surface area contributed by atoms with Gasteiger partial charge in [0.1, 0.15) is 17.6 Å². The van der Waals surface area contributed by atoms with E-state index in [1.165, 1.54) is 6.07 Å². The van der Waals surface area contributed by atoms with E-state index in [9.17, 15) is 14.5 Å². The van der Waals surface area contributed by atoms with Crippen LogP contribution in [0, 0.1) is 27.3 Å². The van der Waals surface area contributed by atoms with Crippen LogP contribution in [0.4, 0.5) is 10.1 Å². The Balaban J connectivity index is 2.45. The van der Waals surface area contributed by atoms with Gasteiger partial charge in [0.15, 0.2) is 0 Å². The monoisotopic (exact) mass is 350 g/mol. The van der Waals surface area contributed by atoms with Gasteiger partial charge in [-0.25, -0.2) is 4.39 Å². The Morgan fingerprint density at radius 3 is 2.67 bits per heavy atom. The normalized spacial score (nSPS) is 9.95. The number of nitro groups is 1. The van der Waals surface area contributed by atoms with Crippen molar-refractivity contribution in [3.8, 4) is 17.6 Å². The second-order valence-electron chi connectivity index (χ2n) is 4.05. The molecular formula is C14H8BrFN2O3. The molecule has 2 aromatic rings. The van der Waals surface area contributed by atoms with Crippen molar-refractivity contribution in [2.24, 2.45) is 0 Å². The number of rotatable bonds is 4. The van der Waals surface area contributed by atoms with Crippen molar-refractivity contribution in [3.05, 3.63) is 63.5 Å². The Kier molecular flexibility index (Phi) is 4.50. The minimum Gasteiger partial charge on any atom is -0.449 e. The molecule has 0 aliphatic carbocycles. The number of benzene rings is 2. The molecule has 0 saturated heterocycles. The molecule has 0 aromatic heterocycles. The number of halogens is 2. The van der Waals surface area contributed by atoms with Crippen LogP contribution >= 0.6 is 15.9 Å². The van der Waals surface area contributed by atoms with Crippen LogP contribution in [-0.2, 0) is 5.33 Å². The van der Waals surface area contributed by atoms with Crippen LogP contribution in [0.15, 0.2) is 36.4 Å². The van der Waals surface area contributed by atoms with Crippen LogP contribution in [-0.4, -0.2) is 4.92 Å². The summed E-state index contributed by atoms with van der Waals surface area (Å²) < 4.78 is 18.6. The smallest absolute Gasteiger partial charge is 0.311 e. The Morgan fingerprint density at radius 1 is 1.29 bits per heavy atom. The first-order valence-corrected chi connectivity index (χ1v) is 6.88. The van der Waals surface area contributed by atoms with Crippen molar-refractivity contribution in [3.63, 3.8) is 0 Å². The van der Waals surface area contributed by atoms with Gasteiger partial charge in [0, 0.05) is 17.5 Å². The number of hydrogen-bond donors (Lipinski definition) is 0. The van der Waals surface area contributed by atoms with E-state index in [1.54, 1.807) is 12.1 Å². The Bertz CT molecular complexity index is 743. The van der Waals surface area contributed by atoms with Crippen LogP contribution in [0.2, 0.25) is 0 Å². The highest BCUT2D eigenvalue weighted by Gasteiger charge is 2.18. The molecule has 7 heteroatoms. The zero-order chi connectivity index (χ0) is 15.4. The summed E-state index contributed by atoms with van der Waals surface area (Å²) in [6.07, 6.45) is 0. The fraction of sp³-hybridized carbons (Fsp3) is 0.0714. The first kappa shape index (κ1) is 14.9. The summed E-state index contributed by atoms with van der Waals surface area (Å²) in [5.41, 5.74) is 0.697. The summed E-state index contributed by atoms with van der Waals surface area (Å²) >= 11 is 3.26. The molecule has 0 saturated carbocycles. The minimum absolute atomic E-state index is 0.135. The molecule has 0 aliphatic rings. The summed E-state index contributed by atoms with van der Waals surface area (Å²) in [7, 11) is 0. The van der Waals surface area contributed by atoms with Gasteiger partial charge in [0.25, 0.3) is 0 Å². The average molecular weight is 351 g/mol. The molecular weight excluding hydrogens is 343 g/mol. The molecule has 106 valence electrons. The molecule has 0 spiro atoms. The van der Waals surface area contributed by atoms with Crippen molar-refractivity contribution in [1.29, 1.82) is 5.26 Å². The summed E-state index contributed by atoms with van der Waals surface area (Å²) in [4.78, 5) is 10.2. The van der Waals surface area contributed by atoms with Crippen LogP contribution in [0.1, 0.15) is 11.1 Å². The van der Waals surface area contributed by atoms with E-state index in [0.29, 0.717) is 5.33 Å². The zero-order valence-electron chi connectivity index (χ0n) is 10.5. The maximum Gasteiger partial charge on any atom is 0.311 e. The van der Waals surface area contributed by atoms with Crippen molar-refractivity contribution in [1.82, 2.24) is 0 Å². The Hall–Kier alpha value is -2.46. The van der Waals surface area contributed by atoms with Crippen LogP contribution in [0.3, 0.4) is 0 Å². The second-order valence-corrected chi connectivity index (χ2v) is 4.61. The summed E-state index contributed by atoms with van der Waals surface area (Å²) in [5, 5.41) is 20.6. The third kappa shape index (κ3) is 3.35. The lowest BCUT2D eigenvalue weighted by Crippen LogP contribution is -1.96. The van der Waals surface area contributed by atoms with Crippen LogP contribution in [0.25, 0.3) is 0 Å². The van der Waals surface area contributed by atoms with E-state index in [2.05, 4.69) is 15.9 Å². The molecule has 21 heavy (non-hydrogen) atoms. The molecule has 0 heterocycles. The molecule has 0 radical (unpaired) electrons. The highest BCUT2D eigenvalue weighted by atomic mass is 79.9. The molecule has 0 fully saturated rings. The number of alkyl halides is 1. The fourth-order valence-electron chi connectivity index (χ4n) is 1.68. The van der Waals surface area contributed by atoms with E-state index in [1.807, 2.05) is 6.07 Å². The lowest BCUT2D eigenvalue weighted by atomic mass is 10.1. The topological polar surface area (TPSA) is 76.2 Å². The first-order chi connectivity index (χ1) is 10.0. The van der Waals surface area contributed by atoms with Gasteiger partial charge >= 0.3 is 5.69 Å².